The summed E-state index contributed by atoms with van der Waals surface area (Å²) in [5.74, 6) is 9.11. The zero-order chi connectivity index (χ0) is 16.4. The van der Waals surface area contributed by atoms with Crippen LogP contribution in [-0.4, -0.2) is 24.0 Å². The van der Waals surface area contributed by atoms with Crippen molar-refractivity contribution in [2.24, 2.45) is 47.3 Å². The first-order valence-electron chi connectivity index (χ1n) is 12.1. The van der Waals surface area contributed by atoms with Gasteiger partial charge in [-0.05, 0) is 112 Å². The van der Waals surface area contributed by atoms with Crippen LogP contribution in [0.4, 0.5) is 0 Å². The van der Waals surface area contributed by atoms with Gasteiger partial charge in [0.2, 0.25) is 0 Å². The molecule has 2 heterocycles. The van der Waals surface area contributed by atoms with Crippen LogP contribution in [0.1, 0.15) is 83.5 Å². The van der Waals surface area contributed by atoms with E-state index in [-0.39, 0.29) is 0 Å². The lowest BCUT2D eigenvalue weighted by Crippen LogP contribution is -2.53. The second kappa shape index (κ2) is 6.25. The molecule has 9 unspecified atom stereocenters. The average Bonchev–Trinajstić information content (AvgIpc) is 3.06. The fourth-order valence-electron chi connectivity index (χ4n) is 9.44. The number of hydrogen-bond donors (Lipinski definition) is 0. The Morgan fingerprint density at radius 2 is 1.24 bits per heavy atom. The van der Waals surface area contributed by atoms with Crippen molar-refractivity contribution in [3.05, 3.63) is 0 Å². The summed E-state index contributed by atoms with van der Waals surface area (Å²) >= 11 is 0. The molecule has 0 spiro atoms. The number of hydrogen-bond acceptors (Lipinski definition) is 1. The van der Waals surface area contributed by atoms with Crippen LogP contribution in [0.15, 0.2) is 0 Å². The monoisotopic (exact) mass is 341 g/mol. The molecule has 0 aromatic rings. The van der Waals surface area contributed by atoms with E-state index in [1.807, 2.05) is 0 Å². The van der Waals surface area contributed by atoms with E-state index in [0.717, 1.165) is 53.4 Å². The maximum Gasteiger partial charge on any atom is 0.00981 e. The van der Waals surface area contributed by atoms with Gasteiger partial charge in [0.05, 0.1) is 0 Å². The first kappa shape index (κ1) is 16.0. The molecule has 0 aromatic carbocycles. The van der Waals surface area contributed by atoms with Crippen LogP contribution >= 0.6 is 0 Å². The smallest absolute Gasteiger partial charge is 0.00981 e. The predicted molar refractivity (Wildman–Crippen MR) is 103 cm³/mol. The molecule has 140 valence electrons. The number of fused-ring (bicyclic) bond motifs is 8. The highest BCUT2D eigenvalue weighted by Crippen LogP contribution is 2.62. The number of piperidine rings is 2. The van der Waals surface area contributed by atoms with Crippen molar-refractivity contribution in [2.75, 3.05) is 13.1 Å². The first-order valence-corrected chi connectivity index (χ1v) is 12.1. The molecule has 2 aliphatic heterocycles. The summed E-state index contributed by atoms with van der Waals surface area (Å²) in [6, 6.07) is 0.984. The van der Waals surface area contributed by atoms with E-state index in [4.69, 9.17) is 0 Å². The van der Waals surface area contributed by atoms with Gasteiger partial charge in [-0.1, -0.05) is 25.7 Å². The molecule has 6 aliphatic rings. The molecule has 0 radical (unpaired) electrons. The van der Waals surface area contributed by atoms with E-state index in [1.54, 1.807) is 64.2 Å². The molecule has 6 rings (SSSR count). The summed E-state index contributed by atoms with van der Waals surface area (Å²) in [6.07, 6.45) is 20.5. The molecule has 9 atom stereocenters. The largest absolute Gasteiger partial charge is 0.300 e. The van der Waals surface area contributed by atoms with E-state index < -0.39 is 0 Å². The lowest BCUT2D eigenvalue weighted by molar-refractivity contribution is -0.0279. The average molecular weight is 342 g/mol. The molecule has 4 aliphatic carbocycles. The van der Waals surface area contributed by atoms with Crippen molar-refractivity contribution < 1.29 is 0 Å². The molecule has 0 aromatic heterocycles. The fourth-order valence-corrected chi connectivity index (χ4v) is 9.44. The third-order valence-corrected chi connectivity index (χ3v) is 10.4. The Kier molecular flexibility index (Phi) is 3.99. The number of rotatable bonds is 0. The van der Waals surface area contributed by atoms with Crippen LogP contribution in [0, 0.1) is 47.3 Å². The summed E-state index contributed by atoms with van der Waals surface area (Å²) in [5.41, 5.74) is 0. The zero-order valence-corrected chi connectivity index (χ0v) is 16.2. The standard InChI is InChI=1S/C24H39N/c1-2-7-19-16(5-1)8-10-20-21-11-9-17-13-18-6-3-4-12-25(18)15-24(17)23(21)14-22(19)20/h16-24H,1-15H2. The predicted octanol–water partition coefficient (Wildman–Crippen LogP) is 5.74. The quantitative estimate of drug-likeness (QED) is 0.543. The van der Waals surface area contributed by atoms with Gasteiger partial charge in [0.1, 0.15) is 0 Å². The van der Waals surface area contributed by atoms with Gasteiger partial charge in [0, 0.05) is 12.6 Å². The SMILES string of the molecule is C1CCC2C(C1)CCC1C2CC2C3CN4CCCCC4CC3CCC21. The highest BCUT2D eigenvalue weighted by atomic mass is 15.2. The van der Waals surface area contributed by atoms with Gasteiger partial charge in [-0.2, -0.15) is 0 Å². The summed E-state index contributed by atoms with van der Waals surface area (Å²) in [7, 11) is 0. The second-order valence-corrected chi connectivity index (χ2v) is 11.1. The van der Waals surface area contributed by atoms with Crippen LogP contribution in [0.3, 0.4) is 0 Å². The van der Waals surface area contributed by atoms with Gasteiger partial charge < -0.3 is 4.90 Å². The highest BCUT2D eigenvalue weighted by molar-refractivity contribution is 5.05. The maximum absolute atomic E-state index is 2.96. The topological polar surface area (TPSA) is 3.24 Å². The summed E-state index contributed by atoms with van der Waals surface area (Å²) in [6.45, 7) is 2.94. The third kappa shape index (κ3) is 2.50. The number of nitrogens with zero attached hydrogens (tertiary/aromatic N) is 1. The molecule has 6 fully saturated rings. The Morgan fingerprint density at radius 3 is 2.16 bits per heavy atom. The van der Waals surface area contributed by atoms with Crippen LogP contribution < -0.4 is 0 Å². The molecular weight excluding hydrogens is 302 g/mol. The lowest BCUT2D eigenvalue weighted by Gasteiger charge is -2.52. The molecular formula is C24H39N. The van der Waals surface area contributed by atoms with Gasteiger partial charge in [-0.3, -0.25) is 0 Å². The molecule has 25 heavy (non-hydrogen) atoms. The first-order chi connectivity index (χ1) is 12.4. The second-order valence-electron chi connectivity index (χ2n) is 11.1. The van der Waals surface area contributed by atoms with Crippen molar-refractivity contribution >= 4 is 0 Å². The van der Waals surface area contributed by atoms with Gasteiger partial charge >= 0.3 is 0 Å². The summed E-state index contributed by atoms with van der Waals surface area (Å²) in [4.78, 5) is 2.96. The minimum atomic E-state index is 0.984. The molecule has 1 nitrogen and oxygen atoms in total. The summed E-state index contributed by atoms with van der Waals surface area (Å²) < 4.78 is 0. The zero-order valence-electron chi connectivity index (χ0n) is 16.2. The normalized spacial score (nSPS) is 55.4. The van der Waals surface area contributed by atoms with Crippen molar-refractivity contribution in [3.63, 3.8) is 0 Å². The lowest BCUT2D eigenvalue weighted by atomic mass is 9.60. The van der Waals surface area contributed by atoms with Crippen LogP contribution in [0.25, 0.3) is 0 Å². The van der Waals surface area contributed by atoms with Crippen LogP contribution in [-0.2, 0) is 0 Å². The van der Waals surface area contributed by atoms with Crippen molar-refractivity contribution in [1.82, 2.24) is 4.90 Å². The fraction of sp³-hybridized carbons (Fsp3) is 1.00. The van der Waals surface area contributed by atoms with Crippen molar-refractivity contribution in [1.29, 1.82) is 0 Å². The highest BCUT2D eigenvalue weighted by Gasteiger charge is 2.55. The molecule has 4 saturated carbocycles. The minimum Gasteiger partial charge on any atom is -0.300 e. The van der Waals surface area contributed by atoms with E-state index >= 15 is 0 Å². The molecule has 0 bridgehead atoms. The van der Waals surface area contributed by atoms with Gasteiger partial charge in [0.25, 0.3) is 0 Å². The minimum absolute atomic E-state index is 0.984. The van der Waals surface area contributed by atoms with Crippen LogP contribution in [0.5, 0.6) is 0 Å². The summed E-state index contributed by atoms with van der Waals surface area (Å²) in [5, 5.41) is 0. The van der Waals surface area contributed by atoms with E-state index in [0.29, 0.717) is 0 Å². The van der Waals surface area contributed by atoms with E-state index in [2.05, 4.69) is 4.90 Å². The Morgan fingerprint density at radius 1 is 0.480 bits per heavy atom. The third-order valence-electron chi connectivity index (χ3n) is 10.4. The van der Waals surface area contributed by atoms with Gasteiger partial charge in [-0.15, -0.1) is 0 Å². The van der Waals surface area contributed by atoms with Crippen molar-refractivity contribution in [2.45, 2.75) is 89.5 Å². The Hall–Kier alpha value is -0.0400. The Balaban J connectivity index is 1.23. The maximum atomic E-state index is 2.96. The van der Waals surface area contributed by atoms with Crippen molar-refractivity contribution in [3.8, 4) is 0 Å². The molecule has 1 heteroatoms. The Labute approximate surface area is 155 Å². The van der Waals surface area contributed by atoms with E-state index in [1.165, 1.54) is 32.4 Å². The van der Waals surface area contributed by atoms with E-state index in [9.17, 15) is 0 Å². The van der Waals surface area contributed by atoms with Crippen LogP contribution in [0.2, 0.25) is 0 Å². The molecule has 0 amide bonds. The molecule has 0 N–H and O–H groups in total. The Bertz CT molecular complexity index is 500. The molecule has 2 saturated heterocycles. The van der Waals surface area contributed by atoms with Gasteiger partial charge in [-0.25, -0.2) is 0 Å². The van der Waals surface area contributed by atoms with Gasteiger partial charge in [0.15, 0.2) is 0 Å².